The molecule has 2 aromatic carbocycles. The fourth-order valence-corrected chi connectivity index (χ4v) is 3.54. The van der Waals surface area contributed by atoms with E-state index in [1.807, 2.05) is 6.07 Å². The number of pyridine rings is 1. The van der Waals surface area contributed by atoms with Gasteiger partial charge in [-0.15, -0.1) is 0 Å². The van der Waals surface area contributed by atoms with Crippen LogP contribution in [0, 0.1) is 11.3 Å². The number of methoxy groups -OCH3 is 1. The van der Waals surface area contributed by atoms with Crippen LogP contribution in [0.5, 0.6) is 5.75 Å². The quantitative estimate of drug-likeness (QED) is 0.400. The largest absolute Gasteiger partial charge is 0.507 e. The maximum absolute atomic E-state index is 13.0. The van der Waals surface area contributed by atoms with Crippen molar-refractivity contribution in [3.05, 3.63) is 95.3 Å². The lowest BCUT2D eigenvalue weighted by Gasteiger charge is -2.24. The lowest BCUT2D eigenvalue weighted by Crippen LogP contribution is -2.29. The van der Waals surface area contributed by atoms with Crippen LogP contribution in [0.15, 0.2) is 78.5 Å². The molecule has 152 valence electrons. The van der Waals surface area contributed by atoms with Crippen LogP contribution < -0.4 is 9.64 Å². The van der Waals surface area contributed by atoms with Crippen molar-refractivity contribution in [2.45, 2.75) is 6.04 Å². The molecule has 0 saturated carbocycles. The van der Waals surface area contributed by atoms with Gasteiger partial charge in [-0.2, -0.15) is 5.26 Å². The molecular formula is C24H17N3O4. The standard InChI is InChI=1S/C24H17N3O4/c1-31-18-6-4-5-16(13-18)22(28)20-21(19-7-2-3-12-26-19)27(24(30)23(20)29)17-10-8-15(14-25)9-11-17/h2-13,21,28H,1H3/b22-20-. The number of carbonyl (C=O) groups is 2. The maximum Gasteiger partial charge on any atom is 0.300 e. The number of anilines is 1. The highest BCUT2D eigenvalue weighted by molar-refractivity contribution is 6.51. The minimum absolute atomic E-state index is 0.0682. The lowest BCUT2D eigenvalue weighted by molar-refractivity contribution is -0.132. The third-order valence-corrected chi connectivity index (χ3v) is 5.03. The average molecular weight is 411 g/mol. The van der Waals surface area contributed by atoms with E-state index in [4.69, 9.17) is 10.00 Å². The van der Waals surface area contributed by atoms with E-state index < -0.39 is 17.7 Å². The second kappa shape index (κ2) is 8.13. The maximum atomic E-state index is 13.0. The van der Waals surface area contributed by atoms with E-state index in [9.17, 15) is 14.7 Å². The number of ether oxygens (including phenoxy) is 1. The molecule has 3 aromatic rings. The number of Topliss-reactive ketones (excluding diaryl/α,β-unsaturated/α-hetero) is 1. The predicted octanol–water partition coefficient (Wildman–Crippen LogP) is 3.59. The second-order valence-corrected chi connectivity index (χ2v) is 6.81. The highest BCUT2D eigenvalue weighted by atomic mass is 16.5. The van der Waals surface area contributed by atoms with Crippen LogP contribution in [0.25, 0.3) is 5.76 Å². The highest BCUT2D eigenvalue weighted by Gasteiger charge is 2.47. The summed E-state index contributed by atoms with van der Waals surface area (Å²) in [4.78, 5) is 31.7. The zero-order valence-corrected chi connectivity index (χ0v) is 16.5. The Morgan fingerprint density at radius 2 is 1.87 bits per heavy atom. The predicted molar refractivity (Wildman–Crippen MR) is 113 cm³/mol. The first-order chi connectivity index (χ1) is 15.0. The van der Waals surface area contributed by atoms with Crippen molar-refractivity contribution in [3.8, 4) is 11.8 Å². The summed E-state index contributed by atoms with van der Waals surface area (Å²) < 4.78 is 5.20. The van der Waals surface area contributed by atoms with Crippen LogP contribution in [-0.2, 0) is 9.59 Å². The summed E-state index contributed by atoms with van der Waals surface area (Å²) in [5.74, 6) is -1.42. The number of carbonyl (C=O) groups excluding carboxylic acids is 2. The minimum atomic E-state index is -0.930. The van der Waals surface area contributed by atoms with Crippen molar-refractivity contribution in [3.63, 3.8) is 0 Å². The van der Waals surface area contributed by atoms with Gasteiger partial charge in [0.15, 0.2) is 0 Å². The molecule has 4 rings (SSSR count). The van der Waals surface area contributed by atoms with Gasteiger partial charge >= 0.3 is 0 Å². The van der Waals surface area contributed by atoms with Crippen LogP contribution in [-0.4, -0.2) is 28.9 Å². The van der Waals surface area contributed by atoms with Crippen molar-refractivity contribution in [2.24, 2.45) is 0 Å². The Kier molecular flexibility index (Phi) is 5.21. The first kappa shape index (κ1) is 19.9. The molecule has 0 radical (unpaired) electrons. The number of aliphatic hydroxyl groups is 1. The summed E-state index contributed by atoms with van der Waals surface area (Å²) in [5, 5.41) is 20.1. The van der Waals surface area contributed by atoms with E-state index in [-0.39, 0.29) is 11.3 Å². The molecule has 1 fully saturated rings. The molecule has 7 heteroatoms. The molecule has 0 aliphatic carbocycles. The third kappa shape index (κ3) is 3.51. The lowest BCUT2D eigenvalue weighted by atomic mass is 9.98. The Labute approximate surface area is 178 Å². The molecule has 7 nitrogen and oxygen atoms in total. The monoisotopic (exact) mass is 411 g/mol. The van der Waals surface area contributed by atoms with Crippen molar-refractivity contribution in [2.75, 3.05) is 12.0 Å². The zero-order valence-electron chi connectivity index (χ0n) is 16.5. The van der Waals surface area contributed by atoms with E-state index in [2.05, 4.69) is 4.98 Å². The van der Waals surface area contributed by atoms with E-state index in [0.29, 0.717) is 28.3 Å². The number of hydrogen-bond acceptors (Lipinski definition) is 6. The van der Waals surface area contributed by atoms with Crippen molar-refractivity contribution >= 4 is 23.1 Å². The molecule has 1 aromatic heterocycles. The number of ketones is 1. The smallest absolute Gasteiger partial charge is 0.300 e. The van der Waals surface area contributed by atoms with E-state index in [1.54, 1.807) is 72.9 Å². The fourth-order valence-electron chi connectivity index (χ4n) is 3.54. The summed E-state index contributed by atoms with van der Waals surface area (Å²) in [6.45, 7) is 0. The van der Waals surface area contributed by atoms with Crippen LogP contribution in [0.2, 0.25) is 0 Å². The van der Waals surface area contributed by atoms with E-state index >= 15 is 0 Å². The molecule has 0 bridgehead atoms. The molecule has 0 spiro atoms. The molecule has 1 unspecified atom stereocenters. The summed E-state index contributed by atoms with van der Waals surface area (Å²) in [6, 6.07) is 19.1. The first-order valence-corrected chi connectivity index (χ1v) is 9.41. The molecule has 1 saturated heterocycles. The molecule has 2 heterocycles. The number of nitriles is 1. The SMILES string of the molecule is COc1cccc(/C(O)=C2/C(=O)C(=O)N(c3ccc(C#N)cc3)C2c2ccccn2)c1. The molecule has 1 atom stereocenters. The van der Waals surface area contributed by atoms with Gasteiger partial charge in [0.1, 0.15) is 17.6 Å². The number of nitrogens with zero attached hydrogens (tertiary/aromatic N) is 3. The van der Waals surface area contributed by atoms with Crippen LogP contribution in [0.3, 0.4) is 0 Å². The average Bonchev–Trinajstić information content (AvgIpc) is 3.09. The number of benzene rings is 2. The van der Waals surface area contributed by atoms with Crippen molar-refractivity contribution in [1.82, 2.24) is 4.98 Å². The molecule has 1 aliphatic heterocycles. The molecule has 1 aliphatic rings. The molecule has 31 heavy (non-hydrogen) atoms. The van der Waals surface area contributed by atoms with Crippen LogP contribution in [0.1, 0.15) is 22.9 Å². The number of aliphatic hydroxyl groups excluding tert-OH is 1. The van der Waals surface area contributed by atoms with Gasteiger partial charge in [0, 0.05) is 17.4 Å². The topological polar surface area (TPSA) is 104 Å². The Morgan fingerprint density at radius 3 is 2.52 bits per heavy atom. The Hall–Kier alpha value is -4.44. The Balaban J connectivity index is 1.92. The van der Waals surface area contributed by atoms with Gasteiger partial charge in [-0.25, -0.2) is 0 Å². The summed E-state index contributed by atoms with van der Waals surface area (Å²) in [6.07, 6.45) is 1.56. The molecule has 1 N–H and O–H groups in total. The molecule has 1 amide bonds. The number of rotatable bonds is 4. The Morgan fingerprint density at radius 1 is 1.10 bits per heavy atom. The Bertz CT molecular complexity index is 1230. The second-order valence-electron chi connectivity index (χ2n) is 6.81. The third-order valence-electron chi connectivity index (χ3n) is 5.03. The van der Waals surface area contributed by atoms with Crippen molar-refractivity contribution < 1.29 is 19.4 Å². The van der Waals surface area contributed by atoms with Gasteiger partial charge in [-0.1, -0.05) is 18.2 Å². The number of aromatic nitrogens is 1. The minimum Gasteiger partial charge on any atom is -0.507 e. The first-order valence-electron chi connectivity index (χ1n) is 9.41. The van der Waals surface area contributed by atoms with Crippen LogP contribution in [0.4, 0.5) is 5.69 Å². The summed E-state index contributed by atoms with van der Waals surface area (Å²) >= 11 is 0. The van der Waals surface area contributed by atoms with Crippen molar-refractivity contribution in [1.29, 1.82) is 5.26 Å². The van der Waals surface area contributed by atoms with E-state index in [0.717, 1.165) is 0 Å². The number of hydrogen-bond donors (Lipinski definition) is 1. The van der Waals surface area contributed by atoms with Gasteiger partial charge in [-0.3, -0.25) is 19.5 Å². The fraction of sp³-hybridized carbons (Fsp3) is 0.0833. The van der Waals surface area contributed by atoms with Gasteiger partial charge < -0.3 is 9.84 Å². The normalized spacial score (nSPS) is 17.4. The summed E-state index contributed by atoms with van der Waals surface area (Å²) in [7, 11) is 1.50. The van der Waals surface area contributed by atoms with Crippen LogP contribution >= 0.6 is 0 Å². The van der Waals surface area contributed by atoms with Gasteiger partial charge in [0.2, 0.25) is 0 Å². The van der Waals surface area contributed by atoms with Gasteiger partial charge in [0.05, 0.1) is 30.0 Å². The van der Waals surface area contributed by atoms with E-state index in [1.165, 1.54) is 12.0 Å². The van der Waals surface area contributed by atoms with Gasteiger partial charge in [-0.05, 0) is 48.5 Å². The summed E-state index contributed by atoms with van der Waals surface area (Å²) in [5.41, 5.74) is 1.54. The highest BCUT2D eigenvalue weighted by Crippen LogP contribution is 2.41. The molecular weight excluding hydrogens is 394 g/mol. The van der Waals surface area contributed by atoms with Gasteiger partial charge in [0.25, 0.3) is 11.7 Å². The number of amides is 1. The zero-order chi connectivity index (χ0) is 22.0.